The topological polar surface area (TPSA) is 84.5 Å². The summed E-state index contributed by atoms with van der Waals surface area (Å²) < 4.78 is 4.74. The molecule has 6 nitrogen and oxygen atoms in total. The van der Waals surface area contributed by atoms with Gasteiger partial charge in [0.2, 0.25) is 11.8 Å². The predicted octanol–water partition coefficient (Wildman–Crippen LogP) is -0.225. The van der Waals surface area contributed by atoms with Gasteiger partial charge >= 0.3 is 5.97 Å². The summed E-state index contributed by atoms with van der Waals surface area (Å²) in [6.07, 6.45) is 0.437. The number of hydrogen-bond donors (Lipinski definition) is 2. The minimum absolute atomic E-state index is 0.0428. The molecule has 1 aromatic carbocycles. The third-order valence-electron chi connectivity index (χ3n) is 3.14. The molecule has 6 heteroatoms. The zero-order valence-corrected chi connectivity index (χ0v) is 11.1. The minimum Gasteiger partial charge on any atom is -0.468 e. The largest absolute Gasteiger partial charge is 0.468 e. The van der Waals surface area contributed by atoms with E-state index in [1.165, 1.54) is 7.11 Å². The van der Waals surface area contributed by atoms with Crippen molar-refractivity contribution >= 4 is 17.8 Å². The molecule has 0 saturated carbocycles. The Labute approximate surface area is 116 Å². The summed E-state index contributed by atoms with van der Waals surface area (Å²) in [5.41, 5.74) is 0.945. The highest BCUT2D eigenvalue weighted by Gasteiger charge is 2.34. The third-order valence-corrected chi connectivity index (χ3v) is 3.14. The van der Waals surface area contributed by atoms with Crippen molar-refractivity contribution in [3.05, 3.63) is 35.9 Å². The van der Waals surface area contributed by atoms with Crippen molar-refractivity contribution in [1.29, 1.82) is 0 Å². The van der Waals surface area contributed by atoms with Crippen LogP contribution in [0.4, 0.5) is 0 Å². The number of esters is 1. The Morgan fingerprint density at radius 2 is 2.10 bits per heavy atom. The van der Waals surface area contributed by atoms with Gasteiger partial charge in [-0.3, -0.25) is 25.0 Å². The Balaban J connectivity index is 2.06. The van der Waals surface area contributed by atoms with Crippen molar-refractivity contribution in [3.8, 4) is 0 Å². The summed E-state index contributed by atoms with van der Waals surface area (Å²) >= 11 is 0. The second kappa shape index (κ2) is 6.29. The van der Waals surface area contributed by atoms with E-state index in [4.69, 9.17) is 4.74 Å². The van der Waals surface area contributed by atoms with Gasteiger partial charge in [0, 0.05) is 0 Å². The van der Waals surface area contributed by atoms with Gasteiger partial charge in [0.1, 0.15) is 6.04 Å². The lowest BCUT2D eigenvalue weighted by Gasteiger charge is -2.19. The molecule has 2 unspecified atom stereocenters. The first-order chi connectivity index (χ1) is 9.60. The second-order valence-electron chi connectivity index (χ2n) is 4.60. The van der Waals surface area contributed by atoms with E-state index >= 15 is 0 Å². The molecule has 0 aliphatic carbocycles. The van der Waals surface area contributed by atoms with Gasteiger partial charge < -0.3 is 4.74 Å². The van der Waals surface area contributed by atoms with Crippen molar-refractivity contribution in [2.45, 2.75) is 24.9 Å². The van der Waals surface area contributed by atoms with Crippen molar-refractivity contribution in [3.63, 3.8) is 0 Å². The fourth-order valence-electron chi connectivity index (χ4n) is 2.13. The van der Waals surface area contributed by atoms with Crippen LogP contribution < -0.4 is 10.6 Å². The van der Waals surface area contributed by atoms with Crippen molar-refractivity contribution in [1.82, 2.24) is 10.6 Å². The van der Waals surface area contributed by atoms with Crippen molar-refractivity contribution < 1.29 is 19.1 Å². The molecule has 0 spiro atoms. The second-order valence-corrected chi connectivity index (χ2v) is 4.60. The smallest absolute Gasteiger partial charge is 0.323 e. The van der Waals surface area contributed by atoms with Crippen LogP contribution in [0, 0.1) is 0 Å². The first kappa shape index (κ1) is 14.2. The highest BCUT2D eigenvalue weighted by molar-refractivity contribution is 6.05. The van der Waals surface area contributed by atoms with E-state index in [2.05, 4.69) is 10.6 Å². The van der Waals surface area contributed by atoms with Crippen LogP contribution in [-0.4, -0.2) is 37.0 Å². The average Bonchev–Trinajstić information content (AvgIpc) is 2.76. The number of carbonyl (C=O) groups excluding carboxylic acids is 3. The molecule has 2 rings (SSSR count). The Bertz CT molecular complexity index is 515. The molecule has 1 aromatic rings. The lowest BCUT2D eigenvalue weighted by Crippen LogP contribution is -2.48. The van der Waals surface area contributed by atoms with E-state index in [0.717, 1.165) is 5.56 Å². The number of nitrogens with one attached hydrogen (secondary N) is 2. The summed E-state index contributed by atoms with van der Waals surface area (Å²) in [6.45, 7) is 0. The summed E-state index contributed by atoms with van der Waals surface area (Å²) in [7, 11) is 1.29. The van der Waals surface area contributed by atoms with Crippen LogP contribution in [-0.2, 0) is 25.5 Å². The van der Waals surface area contributed by atoms with E-state index in [0.29, 0.717) is 6.42 Å². The molecule has 1 heterocycles. The normalized spacial score (nSPS) is 19.6. The molecule has 1 saturated heterocycles. The Morgan fingerprint density at radius 3 is 2.65 bits per heavy atom. The fraction of sp³-hybridized carbons (Fsp3) is 0.357. The zero-order valence-electron chi connectivity index (χ0n) is 11.1. The monoisotopic (exact) mass is 276 g/mol. The van der Waals surface area contributed by atoms with Gasteiger partial charge in [0.15, 0.2) is 0 Å². The summed E-state index contributed by atoms with van der Waals surface area (Å²) in [5.74, 6) is -1.20. The highest BCUT2D eigenvalue weighted by atomic mass is 16.5. The van der Waals surface area contributed by atoms with Crippen LogP contribution in [0.1, 0.15) is 12.0 Å². The summed E-state index contributed by atoms with van der Waals surface area (Å²) in [5, 5.41) is 5.09. The maximum Gasteiger partial charge on any atom is 0.323 e. The zero-order chi connectivity index (χ0) is 14.5. The van der Waals surface area contributed by atoms with Crippen LogP contribution in [0.2, 0.25) is 0 Å². The van der Waals surface area contributed by atoms with Gasteiger partial charge in [-0.2, -0.15) is 0 Å². The van der Waals surface area contributed by atoms with Crippen LogP contribution in [0.25, 0.3) is 0 Å². The number of ether oxygens (including phenoxy) is 1. The molecule has 2 amide bonds. The van der Waals surface area contributed by atoms with E-state index in [-0.39, 0.29) is 12.3 Å². The van der Waals surface area contributed by atoms with Gasteiger partial charge in [-0.25, -0.2) is 0 Å². The number of methoxy groups -OCH3 is 1. The lowest BCUT2D eigenvalue weighted by molar-refractivity contribution is -0.143. The number of benzene rings is 1. The van der Waals surface area contributed by atoms with Crippen molar-refractivity contribution in [2.75, 3.05) is 7.11 Å². The maximum atomic E-state index is 11.8. The van der Waals surface area contributed by atoms with Crippen LogP contribution in [0.15, 0.2) is 30.3 Å². The Morgan fingerprint density at radius 1 is 1.40 bits per heavy atom. The summed E-state index contributed by atoms with van der Waals surface area (Å²) in [4.78, 5) is 34.5. The predicted molar refractivity (Wildman–Crippen MR) is 70.6 cm³/mol. The molecule has 0 bridgehead atoms. The van der Waals surface area contributed by atoms with Gasteiger partial charge in [0.05, 0.1) is 19.6 Å². The van der Waals surface area contributed by atoms with E-state index in [1.54, 1.807) is 0 Å². The van der Waals surface area contributed by atoms with Crippen LogP contribution in [0.3, 0.4) is 0 Å². The third kappa shape index (κ3) is 3.42. The van der Waals surface area contributed by atoms with Gasteiger partial charge in [0.25, 0.3) is 0 Å². The van der Waals surface area contributed by atoms with Gasteiger partial charge in [-0.05, 0) is 12.0 Å². The molecule has 2 N–H and O–H groups in total. The summed E-state index contributed by atoms with van der Waals surface area (Å²) in [6, 6.07) is 8.05. The molecule has 0 aromatic heterocycles. The first-order valence-corrected chi connectivity index (χ1v) is 6.31. The highest BCUT2D eigenvalue weighted by Crippen LogP contribution is 2.08. The van der Waals surface area contributed by atoms with Gasteiger partial charge in [-0.15, -0.1) is 0 Å². The molecule has 20 heavy (non-hydrogen) atoms. The van der Waals surface area contributed by atoms with Crippen LogP contribution >= 0.6 is 0 Å². The lowest BCUT2D eigenvalue weighted by atomic mass is 10.0. The molecular formula is C14H16N2O4. The molecule has 2 atom stereocenters. The maximum absolute atomic E-state index is 11.8. The van der Waals surface area contributed by atoms with E-state index in [9.17, 15) is 14.4 Å². The molecule has 0 radical (unpaired) electrons. The molecular weight excluding hydrogens is 260 g/mol. The number of carbonyl (C=O) groups is 3. The SMILES string of the molecule is COC(=O)C(Cc1ccccc1)NC1CC(=O)NC1=O. The number of imide groups is 1. The number of hydrogen-bond acceptors (Lipinski definition) is 5. The fourth-order valence-corrected chi connectivity index (χ4v) is 2.13. The number of rotatable bonds is 5. The van der Waals surface area contributed by atoms with E-state index < -0.39 is 24.0 Å². The Kier molecular flexibility index (Phi) is 4.47. The van der Waals surface area contributed by atoms with E-state index in [1.807, 2.05) is 30.3 Å². The average molecular weight is 276 g/mol. The molecule has 1 fully saturated rings. The standard InChI is InChI=1S/C14H16N2O4/c1-20-14(19)11(7-9-5-3-2-4-6-9)15-10-8-12(17)16-13(10)18/h2-6,10-11,15H,7-8H2,1H3,(H,16,17,18). The molecule has 1 aliphatic rings. The molecule has 106 valence electrons. The van der Waals surface area contributed by atoms with Crippen molar-refractivity contribution in [2.24, 2.45) is 0 Å². The first-order valence-electron chi connectivity index (χ1n) is 6.31. The number of amides is 2. The quantitative estimate of drug-likeness (QED) is 0.573. The minimum atomic E-state index is -0.685. The van der Waals surface area contributed by atoms with Crippen LogP contribution in [0.5, 0.6) is 0 Å². The Hall–Kier alpha value is -2.21. The molecule has 1 aliphatic heterocycles. The van der Waals surface area contributed by atoms with Gasteiger partial charge in [-0.1, -0.05) is 30.3 Å².